The highest BCUT2D eigenvalue weighted by molar-refractivity contribution is 6.35. The Kier molecular flexibility index (Phi) is 3.81. The van der Waals surface area contributed by atoms with Gasteiger partial charge in [0, 0.05) is 10.6 Å². The van der Waals surface area contributed by atoms with Crippen molar-refractivity contribution in [1.29, 1.82) is 0 Å². The van der Waals surface area contributed by atoms with Gasteiger partial charge in [-0.2, -0.15) is 23.1 Å². The lowest BCUT2D eigenvalue weighted by Gasteiger charge is -2.07. The number of aromatic amines is 1. The van der Waals surface area contributed by atoms with E-state index in [2.05, 4.69) is 19.9 Å². The number of alkyl halides is 3. The predicted molar refractivity (Wildman–Crippen MR) is 78.7 cm³/mol. The Morgan fingerprint density at radius 2 is 1.87 bits per heavy atom. The van der Waals surface area contributed by atoms with Gasteiger partial charge in [-0.25, -0.2) is 4.98 Å². The van der Waals surface area contributed by atoms with Crippen molar-refractivity contribution in [3.63, 3.8) is 0 Å². The number of rotatable bonds is 2. The molecule has 0 spiro atoms. The third-order valence-corrected chi connectivity index (χ3v) is 3.53. The summed E-state index contributed by atoms with van der Waals surface area (Å²) in [6, 6.07) is 4.13. The highest BCUT2D eigenvalue weighted by atomic mass is 35.5. The van der Waals surface area contributed by atoms with E-state index in [1.807, 2.05) is 0 Å². The summed E-state index contributed by atoms with van der Waals surface area (Å²) in [6.45, 7) is 0. The zero-order valence-corrected chi connectivity index (χ0v) is 12.9. The quantitative estimate of drug-likeness (QED) is 0.735. The first-order chi connectivity index (χ1) is 10.8. The molecule has 2 heterocycles. The molecule has 0 fully saturated rings. The molecule has 1 N–H and O–H groups in total. The smallest absolute Gasteiger partial charge is 0.435 e. The van der Waals surface area contributed by atoms with E-state index >= 15 is 0 Å². The molecule has 0 radical (unpaired) electrons. The maximum atomic E-state index is 13.1. The monoisotopic (exact) mass is 362 g/mol. The minimum absolute atomic E-state index is 0.0977. The first-order valence-corrected chi connectivity index (χ1v) is 6.89. The van der Waals surface area contributed by atoms with Crippen LogP contribution in [0.2, 0.25) is 10.0 Å². The van der Waals surface area contributed by atoms with Gasteiger partial charge in [-0.3, -0.25) is 0 Å². The van der Waals surface area contributed by atoms with E-state index in [4.69, 9.17) is 27.9 Å². The lowest BCUT2D eigenvalue weighted by atomic mass is 10.2. The van der Waals surface area contributed by atoms with E-state index in [1.165, 1.54) is 19.2 Å². The number of halogens is 5. The maximum Gasteiger partial charge on any atom is 0.435 e. The van der Waals surface area contributed by atoms with Crippen molar-refractivity contribution < 1.29 is 17.9 Å². The molecule has 0 saturated carbocycles. The second kappa shape index (κ2) is 5.54. The van der Waals surface area contributed by atoms with E-state index in [0.29, 0.717) is 10.6 Å². The number of fused-ring (bicyclic) bond motifs is 1. The predicted octanol–water partition coefficient (Wildman–Crippen LogP) is 4.35. The Labute approximate surface area is 137 Å². The second-order valence-corrected chi connectivity index (χ2v) is 5.31. The molecular weight excluding hydrogens is 356 g/mol. The van der Waals surface area contributed by atoms with E-state index in [0.717, 1.165) is 0 Å². The molecule has 0 bridgehead atoms. The standard InChI is InChI=1S/C13H7Cl2F3N4O/c1-23-12-20-9(13(16,17)18)8-11(22-12)21-10(19-8)6-4-5(14)2-3-7(6)15/h2-4H,1H3,(H,19,20,21,22). The summed E-state index contributed by atoms with van der Waals surface area (Å²) in [5.74, 6) is 0.0977. The number of hydrogen-bond donors (Lipinski definition) is 1. The molecule has 120 valence electrons. The molecule has 10 heteroatoms. The van der Waals surface area contributed by atoms with E-state index in [-0.39, 0.29) is 22.0 Å². The van der Waals surface area contributed by atoms with Gasteiger partial charge in [0.1, 0.15) is 11.3 Å². The summed E-state index contributed by atoms with van der Waals surface area (Å²) in [5, 5.41) is 0.645. The van der Waals surface area contributed by atoms with Crippen LogP contribution in [-0.2, 0) is 6.18 Å². The minimum atomic E-state index is -4.70. The topological polar surface area (TPSA) is 63.7 Å². The molecule has 0 amide bonds. The summed E-state index contributed by atoms with van der Waals surface area (Å²) in [5.41, 5.74) is -1.36. The summed E-state index contributed by atoms with van der Waals surface area (Å²) in [7, 11) is 1.17. The zero-order valence-electron chi connectivity index (χ0n) is 11.4. The number of nitrogens with one attached hydrogen (secondary N) is 1. The van der Waals surface area contributed by atoms with Crippen molar-refractivity contribution in [2.75, 3.05) is 7.11 Å². The fourth-order valence-corrected chi connectivity index (χ4v) is 2.36. The molecule has 3 rings (SSSR count). The fraction of sp³-hybridized carbons (Fsp3) is 0.154. The van der Waals surface area contributed by atoms with Gasteiger partial charge in [-0.05, 0) is 18.2 Å². The van der Waals surface area contributed by atoms with Crippen LogP contribution in [0.15, 0.2) is 18.2 Å². The van der Waals surface area contributed by atoms with Crippen molar-refractivity contribution in [3.8, 4) is 17.4 Å². The number of imidazole rings is 1. The van der Waals surface area contributed by atoms with Gasteiger partial charge in [0.15, 0.2) is 11.3 Å². The molecule has 0 aliphatic carbocycles. The zero-order chi connectivity index (χ0) is 16.8. The molecule has 5 nitrogen and oxygen atoms in total. The van der Waals surface area contributed by atoms with Crippen molar-refractivity contribution in [1.82, 2.24) is 19.9 Å². The second-order valence-electron chi connectivity index (χ2n) is 4.46. The lowest BCUT2D eigenvalue weighted by molar-refractivity contribution is -0.140. The first-order valence-electron chi connectivity index (χ1n) is 6.14. The Balaban J connectivity index is 2.28. The highest BCUT2D eigenvalue weighted by Gasteiger charge is 2.37. The Morgan fingerprint density at radius 3 is 2.52 bits per heavy atom. The molecule has 0 aliphatic rings. The number of aromatic nitrogens is 4. The van der Waals surface area contributed by atoms with Crippen LogP contribution in [0.5, 0.6) is 6.01 Å². The number of benzene rings is 1. The average molecular weight is 363 g/mol. The van der Waals surface area contributed by atoms with Crippen molar-refractivity contribution in [2.24, 2.45) is 0 Å². The Bertz CT molecular complexity index is 895. The van der Waals surface area contributed by atoms with Gasteiger partial charge in [-0.15, -0.1) is 0 Å². The summed E-state index contributed by atoms with van der Waals surface area (Å²) >= 11 is 11.9. The molecule has 2 aromatic heterocycles. The largest absolute Gasteiger partial charge is 0.467 e. The van der Waals surface area contributed by atoms with Crippen LogP contribution in [-0.4, -0.2) is 27.0 Å². The van der Waals surface area contributed by atoms with E-state index < -0.39 is 17.9 Å². The lowest BCUT2D eigenvalue weighted by Crippen LogP contribution is -2.10. The Morgan fingerprint density at radius 1 is 1.13 bits per heavy atom. The number of hydrogen-bond acceptors (Lipinski definition) is 4. The van der Waals surface area contributed by atoms with Gasteiger partial charge in [0.05, 0.1) is 12.1 Å². The summed E-state index contributed by atoms with van der Waals surface area (Å²) < 4.78 is 44.1. The van der Waals surface area contributed by atoms with Gasteiger partial charge in [0.2, 0.25) is 0 Å². The van der Waals surface area contributed by atoms with Gasteiger partial charge < -0.3 is 9.72 Å². The molecule has 3 aromatic rings. The average Bonchev–Trinajstić information content (AvgIpc) is 2.91. The SMILES string of the molecule is COc1nc(C(F)(F)F)c2[nH]c(-c3cc(Cl)ccc3Cl)nc2n1. The minimum Gasteiger partial charge on any atom is -0.467 e. The third-order valence-electron chi connectivity index (χ3n) is 2.97. The van der Waals surface area contributed by atoms with Crippen LogP contribution < -0.4 is 4.74 Å². The summed E-state index contributed by atoms with van der Waals surface area (Å²) in [4.78, 5) is 13.8. The first kappa shape index (κ1) is 15.8. The van der Waals surface area contributed by atoms with Crippen molar-refractivity contribution in [2.45, 2.75) is 6.18 Å². The van der Waals surface area contributed by atoms with Crippen molar-refractivity contribution >= 4 is 34.4 Å². The Hall–Kier alpha value is -2.06. The van der Waals surface area contributed by atoms with Crippen LogP contribution in [0.25, 0.3) is 22.6 Å². The normalized spacial score (nSPS) is 11.9. The molecule has 0 saturated heterocycles. The molecule has 0 aliphatic heterocycles. The third kappa shape index (κ3) is 2.91. The molecule has 0 unspecified atom stereocenters. The van der Waals surface area contributed by atoms with Crippen LogP contribution >= 0.6 is 23.2 Å². The molecule has 23 heavy (non-hydrogen) atoms. The van der Waals surface area contributed by atoms with E-state index in [1.54, 1.807) is 6.07 Å². The van der Waals surface area contributed by atoms with Crippen LogP contribution in [0, 0.1) is 0 Å². The van der Waals surface area contributed by atoms with Crippen LogP contribution in [0.4, 0.5) is 13.2 Å². The van der Waals surface area contributed by atoms with E-state index in [9.17, 15) is 13.2 Å². The fourth-order valence-electron chi connectivity index (χ4n) is 1.98. The molecular formula is C13H7Cl2F3N4O. The maximum absolute atomic E-state index is 13.1. The van der Waals surface area contributed by atoms with Crippen LogP contribution in [0.3, 0.4) is 0 Å². The van der Waals surface area contributed by atoms with Crippen LogP contribution in [0.1, 0.15) is 5.69 Å². The number of H-pyrrole nitrogens is 1. The summed E-state index contributed by atoms with van der Waals surface area (Å²) in [6.07, 6.45) is -4.70. The van der Waals surface area contributed by atoms with Gasteiger partial charge in [0.25, 0.3) is 0 Å². The molecule has 0 atom stereocenters. The number of nitrogens with zero attached hydrogens (tertiary/aromatic N) is 3. The number of methoxy groups -OCH3 is 1. The highest BCUT2D eigenvalue weighted by Crippen LogP contribution is 2.35. The number of ether oxygens (including phenoxy) is 1. The van der Waals surface area contributed by atoms with Gasteiger partial charge >= 0.3 is 12.2 Å². The molecule has 1 aromatic carbocycles. The van der Waals surface area contributed by atoms with Gasteiger partial charge in [-0.1, -0.05) is 23.2 Å². The van der Waals surface area contributed by atoms with Crippen molar-refractivity contribution in [3.05, 3.63) is 33.9 Å².